The summed E-state index contributed by atoms with van der Waals surface area (Å²) in [5.41, 5.74) is 2.91. The van der Waals surface area contributed by atoms with Gasteiger partial charge in [-0.1, -0.05) is 67.6 Å². The molecule has 152 valence electrons. The summed E-state index contributed by atoms with van der Waals surface area (Å²) in [4.78, 5) is 32.0. The van der Waals surface area contributed by atoms with Crippen LogP contribution >= 0.6 is 11.8 Å². The van der Waals surface area contributed by atoms with Crippen molar-refractivity contribution in [1.82, 2.24) is 14.5 Å². The molecule has 0 aliphatic carbocycles. The van der Waals surface area contributed by atoms with Gasteiger partial charge in [0.25, 0.3) is 5.56 Å². The lowest BCUT2D eigenvalue weighted by atomic mass is 10.1. The van der Waals surface area contributed by atoms with Gasteiger partial charge in [0.05, 0.1) is 16.7 Å². The van der Waals surface area contributed by atoms with Crippen LogP contribution in [0.25, 0.3) is 10.9 Å². The quantitative estimate of drug-likeness (QED) is 0.435. The van der Waals surface area contributed by atoms with Crippen molar-refractivity contribution in [2.24, 2.45) is 5.92 Å². The van der Waals surface area contributed by atoms with E-state index in [1.54, 1.807) is 22.6 Å². The summed E-state index contributed by atoms with van der Waals surface area (Å²) in [5.74, 6) is 0.551. The lowest BCUT2D eigenvalue weighted by Gasteiger charge is -2.18. The molecule has 3 aromatic rings. The van der Waals surface area contributed by atoms with Crippen molar-refractivity contribution in [3.8, 4) is 0 Å². The number of aromatic nitrogens is 2. The highest BCUT2D eigenvalue weighted by atomic mass is 32.2. The molecular formula is C23H27N3O2S. The average molecular weight is 410 g/mol. The summed E-state index contributed by atoms with van der Waals surface area (Å²) in [6.45, 7) is 7.31. The first-order valence-corrected chi connectivity index (χ1v) is 10.8. The first kappa shape index (κ1) is 21.1. The Balaban J connectivity index is 1.77. The largest absolute Gasteiger partial charge is 0.341 e. The zero-order valence-corrected chi connectivity index (χ0v) is 18.2. The highest BCUT2D eigenvalue weighted by Gasteiger charge is 2.16. The smallest absolute Gasteiger partial charge is 0.262 e. The molecule has 0 radical (unpaired) electrons. The highest BCUT2D eigenvalue weighted by Crippen LogP contribution is 2.19. The Morgan fingerprint density at radius 3 is 2.52 bits per heavy atom. The van der Waals surface area contributed by atoms with Crippen LogP contribution in [-0.4, -0.2) is 33.2 Å². The second kappa shape index (κ2) is 9.27. The SMILES string of the molecule is Cc1ccc(CN(C)C(=O)CSc2nc3ccccc3c(=O)n2CC(C)C)cc1. The number of rotatable bonds is 7. The second-order valence-electron chi connectivity index (χ2n) is 7.75. The number of aryl methyl sites for hydroxylation is 1. The standard InChI is InChI=1S/C23H27N3O2S/c1-16(2)13-26-22(28)19-7-5-6-8-20(19)24-23(26)29-15-21(27)25(4)14-18-11-9-17(3)10-12-18/h5-12,16H,13-15H2,1-4H3. The van der Waals surface area contributed by atoms with Crippen LogP contribution in [-0.2, 0) is 17.9 Å². The maximum Gasteiger partial charge on any atom is 0.262 e. The van der Waals surface area contributed by atoms with Crippen LogP contribution in [0.2, 0.25) is 0 Å². The minimum Gasteiger partial charge on any atom is -0.341 e. The number of carbonyl (C=O) groups excluding carboxylic acids is 1. The van der Waals surface area contributed by atoms with Crippen molar-refractivity contribution in [3.63, 3.8) is 0 Å². The summed E-state index contributed by atoms with van der Waals surface area (Å²) >= 11 is 1.33. The van der Waals surface area contributed by atoms with E-state index in [0.29, 0.717) is 35.1 Å². The van der Waals surface area contributed by atoms with Crippen LogP contribution in [0.15, 0.2) is 58.5 Å². The molecule has 0 aliphatic rings. The minimum atomic E-state index is -0.0488. The predicted octanol–water partition coefficient (Wildman–Crippen LogP) is 4.11. The Labute approximate surface area is 175 Å². The molecule has 0 saturated carbocycles. The molecule has 5 nitrogen and oxygen atoms in total. The first-order valence-electron chi connectivity index (χ1n) is 9.77. The highest BCUT2D eigenvalue weighted by molar-refractivity contribution is 7.99. The van der Waals surface area contributed by atoms with E-state index in [1.165, 1.54) is 17.3 Å². The Kier molecular flexibility index (Phi) is 6.75. The third kappa shape index (κ3) is 5.26. The van der Waals surface area contributed by atoms with Crippen molar-refractivity contribution in [2.45, 2.75) is 39.0 Å². The van der Waals surface area contributed by atoms with Gasteiger partial charge >= 0.3 is 0 Å². The van der Waals surface area contributed by atoms with Crippen LogP contribution in [0.3, 0.4) is 0 Å². The molecule has 0 saturated heterocycles. The van der Waals surface area contributed by atoms with Gasteiger partial charge in [-0.15, -0.1) is 0 Å². The monoisotopic (exact) mass is 409 g/mol. The average Bonchev–Trinajstić information content (AvgIpc) is 2.70. The molecule has 0 bridgehead atoms. The summed E-state index contributed by atoms with van der Waals surface area (Å²) in [5, 5.41) is 1.21. The van der Waals surface area contributed by atoms with Gasteiger partial charge in [-0.3, -0.25) is 14.2 Å². The van der Waals surface area contributed by atoms with Crippen LogP contribution in [0.4, 0.5) is 0 Å². The van der Waals surface area contributed by atoms with E-state index in [-0.39, 0.29) is 17.2 Å². The predicted molar refractivity (Wildman–Crippen MR) is 119 cm³/mol. The van der Waals surface area contributed by atoms with E-state index in [1.807, 2.05) is 49.4 Å². The summed E-state index contributed by atoms with van der Waals surface area (Å²) in [6.07, 6.45) is 0. The van der Waals surface area contributed by atoms with Crippen molar-refractivity contribution in [3.05, 3.63) is 70.0 Å². The molecule has 0 N–H and O–H groups in total. The molecule has 29 heavy (non-hydrogen) atoms. The summed E-state index contributed by atoms with van der Waals surface area (Å²) in [7, 11) is 1.80. The first-order chi connectivity index (χ1) is 13.8. The zero-order chi connectivity index (χ0) is 21.0. The van der Waals surface area contributed by atoms with E-state index in [2.05, 4.69) is 18.8 Å². The second-order valence-corrected chi connectivity index (χ2v) is 8.69. The molecule has 2 aromatic carbocycles. The van der Waals surface area contributed by atoms with Crippen molar-refractivity contribution in [2.75, 3.05) is 12.8 Å². The van der Waals surface area contributed by atoms with Gasteiger partial charge in [-0.05, 0) is 30.5 Å². The zero-order valence-electron chi connectivity index (χ0n) is 17.4. The summed E-state index contributed by atoms with van der Waals surface area (Å²) in [6, 6.07) is 15.5. The van der Waals surface area contributed by atoms with Crippen LogP contribution in [0.5, 0.6) is 0 Å². The Morgan fingerprint density at radius 2 is 1.83 bits per heavy atom. The molecule has 1 aromatic heterocycles. The minimum absolute atomic E-state index is 0.00841. The number of thioether (sulfide) groups is 1. The van der Waals surface area contributed by atoms with E-state index in [9.17, 15) is 9.59 Å². The molecule has 0 atom stereocenters. The fraction of sp³-hybridized carbons (Fsp3) is 0.348. The van der Waals surface area contributed by atoms with Crippen molar-refractivity contribution >= 4 is 28.6 Å². The van der Waals surface area contributed by atoms with Crippen LogP contribution < -0.4 is 5.56 Å². The van der Waals surface area contributed by atoms with E-state index < -0.39 is 0 Å². The van der Waals surface area contributed by atoms with Gasteiger partial charge in [0.15, 0.2) is 5.16 Å². The van der Waals surface area contributed by atoms with E-state index in [0.717, 1.165) is 5.56 Å². The molecule has 1 heterocycles. The lowest BCUT2D eigenvalue weighted by molar-refractivity contribution is -0.127. The molecule has 3 rings (SSSR count). The number of fused-ring (bicyclic) bond motifs is 1. The third-order valence-corrected chi connectivity index (χ3v) is 5.63. The van der Waals surface area contributed by atoms with Crippen LogP contribution in [0.1, 0.15) is 25.0 Å². The molecule has 0 unspecified atom stereocenters. The number of amides is 1. The van der Waals surface area contributed by atoms with Gasteiger partial charge in [-0.25, -0.2) is 4.98 Å². The number of hydrogen-bond donors (Lipinski definition) is 0. The fourth-order valence-electron chi connectivity index (χ4n) is 3.08. The van der Waals surface area contributed by atoms with Crippen molar-refractivity contribution in [1.29, 1.82) is 0 Å². The molecular weight excluding hydrogens is 382 g/mol. The van der Waals surface area contributed by atoms with Gasteiger partial charge in [-0.2, -0.15) is 0 Å². The van der Waals surface area contributed by atoms with Gasteiger partial charge in [0, 0.05) is 20.1 Å². The Morgan fingerprint density at radius 1 is 1.14 bits per heavy atom. The van der Waals surface area contributed by atoms with E-state index >= 15 is 0 Å². The van der Waals surface area contributed by atoms with E-state index in [4.69, 9.17) is 0 Å². The maximum atomic E-state index is 12.9. The molecule has 0 spiro atoms. The Bertz CT molecular complexity index is 1060. The molecule has 0 aliphatic heterocycles. The number of hydrogen-bond acceptors (Lipinski definition) is 4. The van der Waals surface area contributed by atoms with Gasteiger partial charge < -0.3 is 4.90 Å². The number of para-hydroxylation sites is 1. The Hall–Kier alpha value is -2.60. The molecule has 0 fully saturated rings. The maximum absolute atomic E-state index is 12.9. The molecule has 1 amide bonds. The normalized spacial score (nSPS) is 11.2. The van der Waals surface area contributed by atoms with Gasteiger partial charge in [0.2, 0.25) is 5.91 Å². The van der Waals surface area contributed by atoms with Crippen LogP contribution in [0, 0.1) is 12.8 Å². The topological polar surface area (TPSA) is 55.2 Å². The number of benzene rings is 2. The number of carbonyl (C=O) groups is 1. The summed E-state index contributed by atoms with van der Waals surface area (Å²) < 4.78 is 1.70. The molecule has 6 heteroatoms. The van der Waals surface area contributed by atoms with Gasteiger partial charge in [0.1, 0.15) is 0 Å². The lowest BCUT2D eigenvalue weighted by Crippen LogP contribution is -2.29. The third-order valence-electron chi connectivity index (χ3n) is 4.67. The van der Waals surface area contributed by atoms with Crippen molar-refractivity contribution < 1.29 is 4.79 Å². The fourth-order valence-corrected chi connectivity index (χ4v) is 4.03. The number of nitrogens with zero attached hydrogens (tertiary/aromatic N) is 3.